The van der Waals surface area contributed by atoms with Crippen molar-refractivity contribution in [2.45, 2.75) is 44.6 Å². The molecule has 1 N–H and O–H groups in total. The molecule has 17 heavy (non-hydrogen) atoms. The molecule has 0 aromatic carbocycles. The lowest BCUT2D eigenvalue weighted by atomic mass is 9.98. The van der Waals surface area contributed by atoms with E-state index in [1.54, 1.807) is 0 Å². The normalized spacial score (nSPS) is 27.8. The number of ether oxygens (including phenoxy) is 1. The van der Waals surface area contributed by atoms with Crippen LogP contribution in [0.5, 0.6) is 0 Å². The fourth-order valence-corrected chi connectivity index (χ4v) is 2.81. The molecule has 1 aliphatic carbocycles. The molecular weight excluding hydrogens is 218 g/mol. The van der Waals surface area contributed by atoms with E-state index in [9.17, 15) is 4.79 Å². The van der Waals surface area contributed by atoms with Crippen LogP contribution in [0.3, 0.4) is 0 Å². The van der Waals surface area contributed by atoms with Crippen LogP contribution in [0.1, 0.15) is 38.5 Å². The minimum atomic E-state index is -0.182. The molecule has 0 aromatic rings. The molecule has 4 nitrogen and oxygen atoms in total. The van der Waals surface area contributed by atoms with Gasteiger partial charge in [0.1, 0.15) is 0 Å². The zero-order valence-corrected chi connectivity index (χ0v) is 10.4. The van der Waals surface area contributed by atoms with Crippen molar-refractivity contribution in [3.8, 4) is 0 Å². The highest BCUT2D eigenvalue weighted by Crippen LogP contribution is 2.25. The van der Waals surface area contributed by atoms with Gasteiger partial charge in [-0.25, -0.2) is 0 Å². The lowest BCUT2D eigenvalue weighted by Crippen LogP contribution is -2.48. The van der Waals surface area contributed by atoms with Gasteiger partial charge < -0.3 is 14.7 Å². The highest BCUT2D eigenvalue weighted by molar-refractivity contribution is 5.79. The summed E-state index contributed by atoms with van der Waals surface area (Å²) in [4.78, 5) is 14.2. The summed E-state index contributed by atoms with van der Waals surface area (Å²) in [5.41, 5.74) is 0. The number of carbonyl (C=O) groups is 1. The summed E-state index contributed by atoms with van der Waals surface area (Å²) in [6.45, 7) is 1.82. The number of nitrogens with zero attached hydrogens (tertiary/aromatic N) is 1. The van der Waals surface area contributed by atoms with Crippen molar-refractivity contribution >= 4 is 5.91 Å². The number of carbonyl (C=O) groups excluding carboxylic acids is 1. The first-order valence-corrected chi connectivity index (χ1v) is 6.82. The Morgan fingerprint density at radius 1 is 1.24 bits per heavy atom. The van der Waals surface area contributed by atoms with E-state index in [-0.39, 0.29) is 24.5 Å². The van der Waals surface area contributed by atoms with Gasteiger partial charge in [-0.1, -0.05) is 25.7 Å². The third-order valence-electron chi connectivity index (χ3n) is 3.86. The van der Waals surface area contributed by atoms with Gasteiger partial charge >= 0.3 is 0 Å². The van der Waals surface area contributed by atoms with Gasteiger partial charge in [-0.05, 0) is 12.8 Å². The van der Waals surface area contributed by atoms with Gasteiger partial charge in [0.25, 0.3) is 0 Å². The Hall–Kier alpha value is -0.610. The fourth-order valence-electron chi connectivity index (χ4n) is 2.81. The highest BCUT2D eigenvalue weighted by atomic mass is 16.5. The van der Waals surface area contributed by atoms with Crippen LogP contribution in [-0.4, -0.2) is 48.3 Å². The van der Waals surface area contributed by atoms with Crippen LogP contribution >= 0.6 is 0 Å². The number of rotatable bonds is 2. The van der Waals surface area contributed by atoms with E-state index in [4.69, 9.17) is 9.84 Å². The SMILES string of the molecule is O=C(C1CCCCCC1)N1CCOC(CO)C1. The number of aliphatic hydroxyl groups excluding tert-OH is 1. The summed E-state index contributed by atoms with van der Waals surface area (Å²) in [5.74, 6) is 0.503. The standard InChI is InChI=1S/C13H23NO3/c15-10-12-9-14(7-8-17-12)13(16)11-5-3-1-2-4-6-11/h11-12,15H,1-10H2. The second-order valence-electron chi connectivity index (χ2n) is 5.15. The van der Waals surface area contributed by atoms with Crippen molar-refractivity contribution in [1.29, 1.82) is 0 Å². The molecule has 1 heterocycles. The van der Waals surface area contributed by atoms with Crippen LogP contribution in [0.4, 0.5) is 0 Å². The van der Waals surface area contributed by atoms with Gasteiger partial charge in [-0.2, -0.15) is 0 Å². The van der Waals surface area contributed by atoms with Crippen LogP contribution in [0.25, 0.3) is 0 Å². The van der Waals surface area contributed by atoms with E-state index in [2.05, 4.69) is 0 Å². The molecule has 98 valence electrons. The summed E-state index contributed by atoms with van der Waals surface area (Å²) in [5, 5.41) is 9.08. The maximum absolute atomic E-state index is 12.4. The zero-order valence-electron chi connectivity index (χ0n) is 10.4. The topological polar surface area (TPSA) is 49.8 Å². The minimum Gasteiger partial charge on any atom is -0.394 e. The van der Waals surface area contributed by atoms with E-state index >= 15 is 0 Å². The third-order valence-corrected chi connectivity index (χ3v) is 3.86. The summed E-state index contributed by atoms with van der Waals surface area (Å²) < 4.78 is 5.38. The molecule has 1 atom stereocenters. The molecule has 2 aliphatic rings. The fraction of sp³-hybridized carbons (Fsp3) is 0.923. The average molecular weight is 241 g/mol. The number of hydrogen-bond donors (Lipinski definition) is 1. The average Bonchev–Trinajstić information content (AvgIpc) is 2.67. The van der Waals surface area contributed by atoms with Gasteiger partial charge in [-0.15, -0.1) is 0 Å². The Morgan fingerprint density at radius 2 is 1.94 bits per heavy atom. The van der Waals surface area contributed by atoms with Crippen molar-refractivity contribution in [2.24, 2.45) is 5.92 Å². The first-order valence-electron chi connectivity index (χ1n) is 6.82. The Morgan fingerprint density at radius 3 is 2.59 bits per heavy atom. The number of morpholine rings is 1. The van der Waals surface area contributed by atoms with E-state index in [1.807, 2.05) is 4.90 Å². The largest absolute Gasteiger partial charge is 0.394 e. The maximum atomic E-state index is 12.4. The molecule has 1 unspecified atom stereocenters. The van der Waals surface area contributed by atoms with Crippen LogP contribution in [0, 0.1) is 5.92 Å². The summed E-state index contributed by atoms with van der Waals surface area (Å²) in [6, 6.07) is 0. The highest BCUT2D eigenvalue weighted by Gasteiger charge is 2.29. The Labute approximate surface area is 103 Å². The molecular formula is C13H23NO3. The molecule has 0 bridgehead atoms. The third kappa shape index (κ3) is 3.42. The minimum absolute atomic E-state index is 0.00838. The van der Waals surface area contributed by atoms with Crippen LogP contribution in [0.2, 0.25) is 0 Å². The monoisotopic (exact) mass is 241 g/mol. The Balaban J connectivity index is 1.89. The van der Waals surface area contributed by atoms with Crippen molar-refractivity contribution < 1.29 is 14.6 Å². The number of hydrogen-bond acceptors (Lipinski definition) is 3. The zero-order chi connectivity index (χ0) is 12.1. The second kappa shape index (κ2) is 6.36. The van der Waals surface area contributed by atoms with E-state index in [0.717, 1.165) is 12.8 Å². The summed E-state index contributed by atoms with van der Waals surface area (Å²) >= 11 is 0. The molecule has 0 aromatic heterocycles. The van der Waals surface area contributed by atoms with E-state index < -0.39 is 0 Å². The van der Waals surface area contributed by atoms with Crippen LogP contribution in [-0.2, 0) is 9.53 Å². The number of aliphatic hydroxyl groups is 1. The molecule has 2 fully saturated rings. The number of amides is 1. The van der Waals surface area contributed by atoms with Crippen LogP contribution < -0.4 is 0 Å². The molecule has 0 spiro atoms. The molecule has 1 saturated carbocycles. The first kappa shape index (κ1) is 12.8. The van der Waals surface area contributed by atoms with Crippen molar-refractivity contribution in [3.05, 3.63) is 0 Å². The second-order valence-corrected chi connectivity index (χ2v) is 5.15. The Kier molecular flexibility index (Phi) is 4.80. The van der Waals surface area contributed by atoms with Gasteiger partial charge in [0.2, 0.25) is 5.91 Å². The summed E-state index contributed by atoms with van der Waals surface area (Å²) in [6.07, 6.45) is 6.81. The maximum Gasteiger partial charge on any atom is 0.225 e. The Bertz CT molecular complexity index is 249. The van der Waals surface area contributed by atoms with Crippen molar-refractivity contribution in [3.63, 3.8) is 0 Å². The van der Waals surface area contributed by atoms with Gasteiger partial charge in [0.05, 0.1) is 19.3 Å². The quantitative estimate of drug-likeness (QED) is 0.738. The van der Waals surface area contributed by atoms with Crippen molar-refractivity contribution in [1.82, 2.24) is 4.90 Å². The van der Waals surface area contributed by atoms with Crippen molar-refractivity contribution in [2.75, 3.05) is 26.3 Å². The smallest absolute Gasteiger partial charge is 0.225 e. The van der Waals surface area contributed by atoms with Gasteiger partial charge in [0.15, 0.2) is 0 Å². The molecule has 1 amide bonds. The van der Waals surface area contributed by atoms with Crippen LogP contribution in [0.15, 0.2) is 0 Å². The predicted molar refractivity (Wildman–Crippen MR) is 64.6 cm³/mol. The lowest BCUT2D eigenvalue weighted by Gasteiger charge is -2.34. The molecule has 4 heteroatoms. The molecule has 2 rings (SSSR count). The molecule has 0 radical (unpaired) electrons. The van der Waals surface area contributed by atoms with E-state index in [1.165, 1.54) is 25.7 Å². The summed E-state index contributed by atoms with van der Waals surface area (Å²) in [7, 11) is 0. The lowest BCUT2D eigenvalue weighted by molar-refractivity contribution is -0.145. The van der Waals surface area contributed by atoms with Gasteiger partial charge in [-0.3, -0.25) is 4.79 Å². The molecule has 1 aliphatic heterocycles. The van der Waals surface area contributed by atoms with E-state index in [0.29, 0.717) is 19.7 Å². The molecule has 1 saturated heterocycles. The van der Waals surface area contributed by atoms with Gasteiger partial charge in [0, 0.05) is 19.0 Å². The predicted octanol–water partition coefficient (Wildman–Crippen LogP) is 1.18. The first-order chi connectivity index (χ1) is 8.31.